The molecule has 0 saturated carbocycles. The molecule has 1 aliphatic carbocycles. The van der Waals surface area contributed by atoms with Crippen LogP contribution in [0.3, 0.4) is 0 Å². The molecule has 0 spiro atoms. The van der Waals surface area contributed by atoms with Gasteiger partial charge in [-0.15, -0.1) is 0 Å². The van der Waals surface area contributed by atoms with Crippen LogP contribution in [0.5, 0.6) is 5.75 Å². The number of benzene rings is 2. The summed E-state index contributed by atoms with van der Waals surface area (Å²) in [6.45, 7) is -0.373. The van der Waals surface area contributed by atoms with Crippen LogP contribution in [-0.4, -0.2) is 34.2 Å². The largest absolute Gasteiger partial charge is 0.497 e. The van der Waals surface area contributed by atoms with Gasteiger partial charge in [-0.05, 0) is 60.7 Å². The van der Waals surface area contributed by atoms with Gasteiger partial charge in [-0.3, -0.25) is 9.10 Å². The Morgan fingerprint density at radius 2 is 2.00 bits per heavy atom. The average Bonchev–Trinajstić information content (AvgIpc) is 2.65. The fourth-order valence-electron chi connectivity index (χ4n) is 3.50. The molecule has 1 aliphatic rings. The Balaban J connectivity index is 1.80. The normalized spacial score (nSPS) is 16.1. The van der Waals surface area contributed by atoms with Crippen molar-refractivity contribution in [2.45, 2.75) is 25.3 Å². The zero-order chi connectivity index (χ0) is 21.2. The SMILES string of the molecule is COc1ccc2c(c1)CCCC2NC(=O)CN(c1ccc(Cl)cc1Cl)S(C)(=O)=O. The van der Waals surface area contributed by atoms with Crippen molar-refractivity contribution < 1.29 is 17.9 Å². The van der Waals surface area contributed by atoms with E-state index in [1.807, 2.05) is 18.2 Å². The van der Waals surface area contributed by atoms with E-state index in [2.05, 4.69) is 5.32 Å². The van der Waals surface area contributed by atoms with Gasteiger partial charge in [0.2, 0.25) is 15.9 Å². The summed E-state index contributed by atoms with van der Waals surface area (Å²) in [4.78, 5) is 12.7. The molecule has 0 saturated heterocycles. The highest BCUT2D eigenvalue weighted by Crippen LogP contribution is 2.33. The fraction of sp³-hybridized carbons (Fsp3) is 0.350. The average molecular weight is 457 g/mol. The number of amides is 1. The van der Waals surface area contributed by atoms with Gasteiger partial charge < -0.3 is 10.1 Å². The lowest BCUT2D eigenvalue weighted by atomic mass is 9.87. The maximum Gasteiger partial charge on any atom is 0.241 e. The molecule has 0 aliphatic heterocycles. The number of anilines is 1. The molecule has 9 heteroatoms. The van der Waals surface area contributed by atoms with Crippen LogP contribution < -0.4 is 14.4 Å². The second-order valence-electron chi connectivity index (χ2n) is 6.94. The van der Waals surface area contributed by atoms with E-state index in [-0.39, 0.29) is 23.3 Å². The highest BCUT2D eigenvalue weighted by molar-refractivity contribution is 7.92. The molecule has 29 heavy (non-hydrogen) atoms. The topological polar surface area (TPSA) is 75.7 Å². The Bertz CT molecular complexity index is 1030. The van der Waals surface area contributed by atoms with Crippen molar-refractivity contribution in [2.75, 3.05) is 24.2 Å². The Morgan fingerprint density at radius 1 is 1.24 bits per heavy atom. The molecule has 0 bridgehead atoms. The summed E-state index contributed by atoms with van der Waals surface area (Å²) in [7, 11) is -2.11. The predicted molar refractivity (Wildman–Crippen MR) is 115 cm³/mol. The highest BCUT2D eigenvalue weighted by atomic mass is 35.5. The quantitative estimate of drug-likeness (QED) is 0.713. The molecule has 0 heterocycles. The molecular weight excluding hydrogens is 435 g/mol. The first kappa shape index (κ1) is 21.7. The summed E-state index contributed by atoms with van der Waals surface area (Å²) < 4.78 is 30.9. The molecule has 2 aromatic rings. The maximum atomic E-state index is 12.7. The number of ether oxygens (including phenoxy) is 1. The van der Waals surface area contributed by atoms with Crippen molar-refractivity contribution in [3.8, 4) is 5.75 Å². The lowest BCUT2D eigenvalue weighted by Crippen LogP contribution is -2.42. The molecule has 3 rings (SSSR count). The zero-order valence-electron chi connectivity index (χ0n) is 16.1. The van der Waals surface area contributed by atoms with Crippen molar-refractivity contribution in [2.24, 2.45) is 0 Å². The van der Waals surface area contributed by atoms with Crippen LogP contribution in [-0.2, 0) is 21.2 Å². The summed E-state index contributed by atoms with van der Waals surface area (Å²) in [5, 5.41) is 3.50. The van der Waals surface area contributed by atoms with Crippen LogP contribution in [0.2, 0.25) is 10.0 Å². The van der Waals surface area contributed by atoms with Gasteiger partial charge in [-0.1, -0.05) is 29.3 Å². The minimum absolute atomic E-state index is 0.158. The summed E-state index contributed by atoms with van der Waals surface area (Å²) in [6, 6.07) is 10.1. The minimum atomic E-state index is -3.73. The first-order valence-electron chi connectivity index (χ1n) is 9.08. The van der Waals surface area contributed by atoms with Gasteiger partial charge >= 0.3 is 0 Å². The first-order valence-corrected chi connectivity index (χ1v) is 11.7. The van der Waals surface area contributed by atoms with Crippen LogP contribution in [0.15, 0.2) is 36.4 Å². The lowest BCUT2D eigenvalue weighted by Gasteiger charge is -2.28. The third-order valence-electron chi connectivity index (χ3n) is 4.87. The van der Waals surface area contributed by atoms with Crippen molar-refractivity contribution in [1.29, 1.82) is 0 Å². The smallest absolute Gasteiger partial charge is 0.241 e. The van der Waals surface area contributed by atoms with E-state index in [1.165, 1.54) is 18.2 Å². The number of hydrogen-bond donors (Lipinski definition) is 1. The number of carbonyl (C=O) groups is 1. The number of halogens is 2. The van der Waals surface area contributed by atoms with Crippen molar-refractivity contribution in [3.05, 3.63) is 57.6 Å². The van der Waals surface area contributed by atoms with E-state index in [0.717, 1.165) is 46.7 Å². The predicted octanol–water partition coefficient (Wildman–Crippen LogP) is 3.96. The van der Waals surface area contributed by atoms with Crippen LogP contribution in [0.4, 0.5) is 5.69 Å². The van der Waals surface area contributed by atoms with Crippen molar-refractivity contribution >= 4 is 44.8 Å². The maximum absolute atomic E-state index is 12.7. The zero-order valence-corrected chi connectivity index (χ0v) is 18.4. The minimum Gasteiger partial charge on any atom is -0.497 e. The number of methoxy groups -OCH3 is 1. The van der Waals surface area contributed by atoms with Crippen molar-refractivity contribution in [1.82, 2.24) is 5.32 Å². The monoisotopic (exact) mass is 456 g/mol. The summed E-state index contributed by atoms with van der Waals surface area (Å²) in [5.74, 6) is 0.367. The number of carbonyl (C=O) groups excluding carboxylic acids is 1. The van der Waals surface area contributed by atoms with Gasteiger partial charge in [-0.25, -0.2) is 8.42 Å². The summed E-state index contributed by atoms with van der Waals surface area (Å²) in [5.41, 5.74) is 2.37. The van der Waals surface area contributed by atoms with Gasteiger partial charge in [-0.2, -0.15) is 0 Å². The van der Waals surface area contributed by atoms with Crippen molar-refractivity contribution in [3.63, 3.8) is 0 Å². The number of nitrogens with one attached hydrogen (secondary N) is 1. The second kappa shape index (κ2) is 8.81. The van der Waals surface area contributed by atoms with Gasteiger partial charge in [0, 0.05) is 5.02 Å². The fourth-order valence-corrected chi connectivity index (χ4v) is 4.93. The third-order valence-corrected chi connectivity index (χ3v) is 6.53. The molecule has 2 aromatic carbocycles. The van der Waals surface area contributed by atoms with Gasteiger partial charge in [0.05, 0.1) is 30.1 Å². The third kappa shape index (κ3) is 5.15. The van der Waals surface area contributed by atoms with E-state index in [9.17, 15) is 13.2 Å². The van der Waals surface area contributed by atoms with Crippen LogP contribution in [0.25, 0.3) is 0 Å². The number of hydrogen-bond acceptors (Lipinski definition) is 4. The Kier molecular flexibility index (Phi) is 6.61. The van der Waals surface area contributed by atoms with E-state index >= 15 is 0 Å². The molecular formula is C20H22Cl2N2O4S. The van der Waals surface area contributed by atoms with Crippen LogP contribution in [0.1, 0.15) is 30.0 Å². The van der Waals surface area contributed by atoms with E-state index in [1.54, 1.807) is 7.11 Å². The number of nitrogens with zero attached hydrogens (tertiary/aromatic N) is 1. The Hall–Kier alpha value is -1.96. The molecule has 1 N–H and O–H groups in total. The molecule has 0 fully saturated rings. The lowest BCUT2D eigenvalue weighted by molar-refractivity contribution is -0.120. The molecule has 1 amide bonds. The molecule has 0 radical (unpaired) electrons. The molecule has 1 atom stereocenters. The first-order chi connectivity index (χ1) is 13.7. The Labute approximate surface area is 180 Å². The summed E-state index contributed by atoms with van der Waals surface area (Å²) in [6.07, 6.45) is 3.65. The van der Waals surface area contributed by atoms with Gasteiger partial charge in [0.25, 0.3) is 0 Å². The molecule has 156 valence electrons. The number of rotatable bonds is 6. The molecule has 1 unspecified atom stereocenters. The summed E-state index contributed by atoms with van der Waals surface area (Å²) >= 11 is 12.1. The van der Waals surface area contributed by atoms with E-state index in [4.69, 9.17) is 27.9 Å². The molecule has 0 aromatic heterocycles. The molecule has 6 nitrogen and oxygen atoms in total. The van der Waals surface area contributed by atoms with Gasteiger partial charge in [0.15, 0.2) is 0 Å². The standard InChI is InChI=1S/C20H22Cl2N2O4S/c1-28-15-7-8-16-13(10-15)4-3-5-18(16)23-20(25)12-24(29(2,26)27)19-9-6-14(21)11-17(19)22/h6-11,18H,3-5,12H2,1-2H3,(H,23,25). The Morgan fingerprint density at radius 3 is 2.66 bits per heavy atom. The van der Waals surface area contributed by atoms with Gasteiger partial charge in [0.1, 0.15) is 12.3 Å². The van der Waals surface area contributed by atoms with E-state index < -0.39 is 15.9 Å². The van der Waals surface area contributed by atoms with E-state index in [0.29, 0.717) is 5.02 Å². The number of aryl methyl sites for hydroxylation is 1. The van der Waals surface area contributed by atoms with Crippen LogP contribution >= 0.6 is 23.2 Å². The number of sulfonamides is 1. The van der Waals surface area contributed by atoms with Crippen LogP contribution in [0, 0.1) is 0 Å². The second-order valence-corrected chi connectivity index (χ2v) is 9.69. The number of fused-ring (bicyclic) bond motifs is 1. The highest BCUT2D eigenvalue weighted by Gasteiger charge is 2.26.